The molecule has 2 aromatic rings. The number of rotatable bonds is 6. The molecule has 0 N–H and O–H groups in total. The van der Waals surface area contributed by atoms with Gasteiger partial charge in [-0.25, -0.2) is 4.79 Å². The van der Waals surface area contributed by atoms with Crippen molar-refractivity contribution < 1.29 is 19.2 Å². The lowest BCUT2D eigenvalue weighted by molar-refractivity contribution is -0.385. The monoisotopic (exact) mass is 327 g/mol. The highest BCUT2D eigenvalue weighted by Crippen LogP contribution is 2.26. The topological polar surface area (TPSA) is 78.7 Å². The van der Waals surface area contributed by atoms with E-state index in [4.69, 9.17) is 9.47 Å². The molecule has 0 heterocycles. The van der Waals surface area contributed by atoms with Crippen LogP contribution >= 0.6 is 0 Å². The Kier molecular flexibility index (Phi) is 5.68. The number of carbonyl (C=O) groups is 1. The van der Waals surface area contributed by atoms with Crippen molar-refractivity contribution in [2.45, 2.75) is 6.92 Å². The zero-order valence-electron chi connectivity index (χ0n) is 13.4. The number of para-hydroxylation sites is 2. The van der Waals surface area contributed by atoms with Crippen LogP contribution in [0, 0.1) is 17.0 Å². The molecule has 24 heavy (non-hydrogen) atoms. The van der Waals surface area contributed by atoms with Crippen LogP contribution in [-0.2, 0) is 9.53 Å². The molecule has 0 amide bonds. The highest BCUT2D eigenvalue weighted by Gasteiger charge is 2.16. The molecule has 2 aromatic carbocycles. The predicted molar refractivity (Wildman–Crippen MR) is 89.8 cm³/mol. The Morgan fingerprint density at radius 1 is 1.17 bits per heavy atom. The molecule has 0 aliphatic rings. The largest absolute Gasteiger partial charge is 0.482 e. The first-order valence-electron chi connectivity index (χ1n) is 7.23. The van der Waals surface area contributed by atoms with Crippen LogP contribution in [0.25, 0.3) is 6.08 Å². The van der Waals surface area contributed by atoms with Crippen LogP contribution in [0.2, 0.25) is 0 Å². The molecule has 6 heteroatoms. The molecular formula is C18H17NO5. The second-order valence-corrected chi connectivity index (χ2v) is 5.09. The fraction of sp³-hybridized carbons (Fsp3) is 0.167. The highest BCUT2D eigenvalue weighted by atomic mass is 16.6. The van der Waals surface area contributed by atoms with Gasteiger partial charge in [0.15, 0.2) is 5.75 Å². The van der Waals surface area contributed by atoms with Gasteiger partial charge in [0.25, 0.3) is 0 Å². The SMILES string of the molecule is COC(=O)/C(=C/c1ccc(C)cc1)COc1ccccc1[N+](=O)[O-]. The number of aryl methyl sites for hydroxylation is 1. The summed E-state index contributed by atoms with van der Waals surface area (Å²) < 4.78 is 10.2. The maximum Gasteiger partial charge on any atom is 0.337 e. The average Bonchev–Trinajstić information content (AvgIpc) is 2.59. The summed E-state index contributed by atoms with van der Waals surface area (Å²) in [6, 6.07) is 13.6. The zero-order chi connectivity index (χ0) is 17.5. The van der Waals surface area contributed by atoms with Crippen molar-refractivity contribution in [2.75, 3.05) is 13.7 Å². The fourth-order valence-electron chi connectivity index (χ4n) is 2.04. The van der Waals surface area contributed by atoms with E-state index in [-0.39, 0.29) is 23.6 Å². The van der Waals surface area contributed by atoms with Crippen molar-refractivity contribution in [3.63, 3.8) is 0 Å². The van der Waals surface area contributed by atoms with Gasteiger partial charge in [0, 0.05) is 6.07 Å². The van der Waals surface area contributed by atoms with Gasteiger partial charge in [-0.3, -0.25) is 10.1 Å². The van der Waals surface area contributed by atoms with E-state index in [9.17, 15) is 14.9 Å². The molecule has 124 valence electrons. The second-order valence-electron chi connectivity index (χ2n) is 5.09. The normalized spacial score (nSPS) is 11.0. The van der Waals surface area contributed by atoms with Crippen molar-refractivity contribution in [2.24, 2.45) is 0 Å². The molecule has 0 radical (unpaired) electrons. The van der Waals surface area contributed by atoms with E-state index < -0.39 is 10.9 Å². The van der Waals surface area contributed by atoms with Gasteiger partial charge in [-0.05, 0) is 24.6 Å². The van der Waals surface area contributed by atoms with Crippen LogP contribution in [0.5, 0.6) is 5.75 Å². The maximum absolute atomic E-state index is 11.9. The minimum absolute atomic E-state index is 0.0983. The minimum atomic E-state index is -0.547. The van der Waals surface area contributed by atoms with Crippen LogP contribution in [0.15, 0.2) is 54.1 Å². The van der Waals surface area contributed by atoms with E-state index in [1.54, 1.807) is 18.2 Å². The Morgan fingerprint density at radius 2 is 1.83 bits per heavy atom. The second kappa shape index (κ2) is 7.92. The minimum Gasteiger partial charge on any atom is -0.482 e. The van der Waals surface area contributed by atoms with Crippen molar-refractivity contribution in [3.8, 4) is 5.75 Å². The van der Waals surface area contributed by atoms with Gasteiger partial charge in [-0.2, -0.15) is 0 Å². The lowest BCUT2D eigenvalue weighted by Gasteiger charge is -2.09. The number of nitrogens with zero attached hydrogens (tertiary/aromatic N) is 1. The molecule has 0 bridgehead atoms. The number of hydrogen-bond acceptors (Lipinski definition) is 5. The molecule has 6 nitrogen and oxygen atoms in total. The number of ether oxygens (including phenoxy) is 2. The predicted octanol–water partition coefficient (Wildman–Crippen LogP) is 3.54. The Bertz CT molecular complexity index is 765. The Balaban J connectivity index is 2.23. The molecule has 0 saturated carbocycles. The molecule has 0 unspecified atom stereocenters. The number of esters is 1. The van der Waals surface area contributed by atoms with E-state index in [0.29, 0.717) is 0 Å². The maximum atomic E-state index is 11.9. The summed E-state index contributed by atoms with van der Waals surface area (Å²) in [7, 11) is 1.27. The van der Waals surface area contributed by atoms with Crippen LogP contribution in [0.3, 0.4) is 0 Å². The summed E-state index contributed by atoms with van der Waals surface area (Å²) in [4.78, 5) is 22.4. The molecule has 0 aliphatic carbocycles. The molecule has 2 rings (SSSR count). The van der Waals surface area contributed by atoms with Crippen LogP contribution in [-0.4, -0.2) is 24.6 Å². The smallest absolute Gasteiger partial charge is 0.337 e. The van der Waals surface area contributed by atoms with E-state index in [1.165, 1.54) is 19.2 Å². The van der Waals surface area contributed by atoms with Gasteiger partial charge < -0.3 is 9.47 Å². The summed E-state index contributed by atoms with van der Waals surface area (Å²) in [6.07, 6.45) is 1.64. The summed E-state index contributed by atoms with van der Waals surface area (Å²) in [5.74, 6) is -0.449. The molecule has 0 saturated heterocycles. The molecule has 0 fully saturated rings. The van der Waals surface area contributed by atoms with E-state index >= 15 is 0 Å². The highest BCUT2D eigenvalue weighted by molar-refractivity contribution is 5.94. The number of nitro benzene ring substituents is 1. The average molecular weight is 327 g/mol. The van der Waals surface area contributed by atoms with Gasteiger partial charge in [-0.15, -0.1) is 0 Å². The number of benzene rings is 2. The van der Waals surface area contributed by atoms with Gasteiger partial charge in [0.05, 0.1) is 17.6 Å². The lowest BCUT2D eigenvalue weighted by Crippen LogP contribution is -2.13. The van der Waals surface area contributed by atoms with Crippen molar-refractivity contribution in [1.29, 1.82) is 0 Å². The Labute approximate surface area is 139 Å². The number of nitro groups is 1. The molecular weight excluding hydrogens is 310 g/mol. The van der Waals surface area contributed by atoms with E-state index in [0.717, 1.165) is 11.1 Å². The third-order valence-corrected chi connectivity index (χ3v) is 3.31. The summed E-state index contributed by atoms with van der Waals surface area (Å²) >= 11 is 0. The quantitative estimate of drug-likeness (QED) is 0.351. The van der Waals surface area contributed by atoms with Gasteiger partial charge in [0.2, 0.25) is 0 Å². The molecule has 0 atom stereocenters. The summed E-state index contributed by atoms with van der Waals surface area (Å²) in [5, 5.41) is 11.0. The molecule has 0 aromatic heterocycles. The van der Waals surface area contributed by atoms with Gasteiger partial charge in [0.1, 0.15) is 6.61 Å². The van der Waals surface area contributed by atoms with E-state index in [2.05, 4.69) is 0 Å². The van der Waals surface area contributed by atoms with Crippen molar-refractivity contribution in [3.05, 3.63) is 75.3 Å². The van der Waals surface area contributed by atoms with E-state index in [1.807, 2.05) is 31.2 Å². The van der Waals surface area contributed by atoms with Crippen LogP contribution in [0.1, 0.15) is 11.1 Å². The first-order valence-corrected chi connectivity index (χ1v) is 7.23. The Morgan fingerprint density at radius 3 is 2.46 bits per heavy atom. The number of methoxy groups -OCH3 is 1. The van der Waals surface area contributed by atoms with Crippen molar-refractivity contribution >= 4 is 17.7 Å². The van der Waals surface area contributed by atoms with Gasteiger partial charge in [-0.1, -0.05) is 42.0 Å². The third-order valence-electron chi connectivity index (χ3n) is 3.31. The summed E-state index contributed by atoms with van der Waals surface area (Å²) in [5.41, 5.74) is 2.02. The first kappa shape index (κ1) is 17.2. The number of hydrogen-bond donors (Lipinski definition) is 0. The van der Waals surface area contributed by atoms with Crippen LogP contribution in [0.4, 0.5) is 5.69 Å². The molecule has 0 aliphatic heterocycles. The molecule has 0 spiro atoms. The standard InChI is InChI=1S/C18H17NO5/c1-13-7-9-14(10-8-13)11-15(18(20)23-2)12-24-17-6-4-3-5-16(17)19(21)22/h3-11H,12H2,1-2H3/b15-11+. The Hall–Kier alpha value is -3.15. The lowest BCUT2D eigenvalue weighted by atomic mass is 10.1. The zero-order valence-corrected chi connectivity index (χ0v) is 13.4. The first-order chi connectivity index (χ1) is 11.5. The fourth-order valence-corrected chi connectivity index (χ4v) is 2.04. The van der Waals surface area contributed by atoms with Crippen molar-refractivity contribution in [1.82, 2.24) is 0 Å². The number of carbonyl (C=O) groups excluding carboxylic acids is 1. The van der Waals surface area contributed by atoms with Crippen LogP contribution < -0.4 is 4.74 Å². The van der Waals surface area contributed by atoms with Gasteiger partial charge >= 0.3 is 11.7 Å². The summed E-state index contributed by atoms with van der Waals surface area (Å²) in [6.45, 7) is 1.83. The third kappa shape index (κ3) is 4.42.